The molecule has 1 aliphatic carbocycles. The zero-order chi connectivity index (χ0) is 16.9. The highest BCUT2D eigenvalue weighted by Gasteiger charge is 2.20. The van der Waals surface area contributed by atoms with Crippen molar-refractivity contribution in [2.75, 3.05) is 0 Å². The summed E-state index contributed by atoms with van der Waals surface area (Å²) >= 11 is 1.61. The van der Waals surface area contributed by atoms with E-state index < -0.39 is 0 Å². The summed E-state index contributed by atoms with van der Waals surface area (Å²) in [5.41, 5.74) is 6.08. The Hall–Kier alpha value is -2.20. The highest BCUT2D eigenvalue weighted by atomic mass is 32.1. The molecule has 3 nitrogen and oxygen atoms in total. The van der Waals surface area contributed by atoms with E-state index in [9.17, 15) is 4.79 Å². The molecular weight excluding hydrogens is 316 g/mol. The largest absolute Gasteiger partial charge is 0.281 e. The van der Waals surface area contributed by atoms with Crippen LogP contribution in [0.15, 0.2) is 47.1 Å². The predicted octanol–water partition coefficient (Wildman–Crippen LogP) is 4.69. The van der Waals surface area contributed by atoms with Crippen molar-refractivity contribution in [1.29, 1.82) is 0 Å². The molecule has 1 aromatic carbocycles. The van der Waals surface area contributed by atoms with Gasteiger partial charge in [0.1, 0.15) is 0 Å². The molecule has 0 radical (unpaired) electrons. The second-order valence-electron chi connectivity index (χ2n) is 6.41. The number of fused-ring (bicyclic) bond motifs is 1. The van der Waals surface area contributed by atoms with Crippen LogP contribution in [0.4, 0.5) is 0 Å². The first kappa shape index (κ1) is 16.7. The molecule has 1 aromatic heterocycles. The third kappa shape index (κ3) is 4.20. The van der Waals surface area contributed by atoms with Crippen LogP contribution in [0.5, 0.6) is 0 Å². The summed E-state index contributed by atoms with van der Waals surface area (Å²) in [7, 11) is 0. The first-order valence-electron chi connectivity index (χ1n) is 8.30. The normalized spacial score (nSPS) is 17.8. The van der Waals surface area contributed by atoms with Crippen LogP contribution in [-0.4, -0.2) is 12.1 Å². The van der Waals surface area contributed by atoms with Gasteiger partial charge in [0.2, 0.25) is 0 Å². The van der Waals surface area contributed by atoms with E-state index in [1.807, 2.05) is 49.4 Å². The van der Waals surface area contributed by atoms with Crippen LogP contribution in [0.25, 0.3) is 6.08 Å². The van der Waals surface area contributed by atoms with Gasteiger partial charge in [-0.2, -0.15) is 5.10 Å². The fourth-order valence-corrected chi connectivity index (χ4v) is 4.01. The second kappa shape index (κ2) is 7.58. The first-order chi connectivity index (χ1) is 11.6. The summed E-state index contributed by atoms with van der Waals surface area (Å²) < 4.78 is 0. The molecule has 0 saturated carbocycles. The van der Waals surface area contributed by atoms with Gasteiger partial charge in [-0.15, -0.1) is 11.3 Å². The van der Waals surface area contributed by atoms with Gasteiger partial charge in [0, 0.05) is 4.88 Å². The van der Waals surface area contributed by atoms with E-state index in [1.165, 1.54) is 16.9 Å². The zero-order valence-electron chi connectivity index (χ0n) is 14.1. The van der Waals surface area contributed by atoms with Gasteiger partial charge >= 0.3 is 0 Å². The van der Waals surface area contributed by atoms with Gasteiger partial charge in [-0.05, 0) is 54.9 Å². The molecule has 0 unspecified atom stereocenters. The van der Waals surface area contributed by atoms with E-state index in [1.54, 1.807) is 17.6 Å². The quantitative estimate of drug-likeness (QED) is 0.637. The van der Waals surface area contributed by atoms with Crippen molar-refractivity contribution in [1.82, 2.24) is 5.43 Å². The Morgan fingerprint density at radius 2 is 2.12 bits per heavy atom. The lowest BCUT2D eigenvalue weighted by Gasteiger charge is -2.16. The minimum absolute atomic E-state index is 0.120. The lowest BCUT2D eigenvalue weighted by atomic mass is 9.90. The van der Waals surface area contributed by atoms with Crippen LogP contribution in [-0.2, 0) is 12.8 Å². The molecule has 4 heteroatoms. The Bertz CT molecular complexity index is 774. The molecule has 0 saturated heterocycles. The summed E-state index contributed by atoms with van der Waals surface area (Å²) in [5.74, 6) is 0.595. The van der Waals surface area contributed by atoms with Crippen molar-refractivity contribution in [2.24, 2.45) is 11.0 Å². The molecule has 3 rings (SSSR count). The Balaban J connectivity index is 1.60. The van der Waals surface area contributed by atoms with Gasteiger partial charge < -0.3 is 0 Å². The van der Waals surface area contributed by atoms with Crippen LogP contribution >= 0.6 is 11.3 Å². The Morgan fingerprint density at radius 3 is 2.92 bits per heavy atom. The number of allylic oxidation sites excluding steroid dienone is 1. The number of thiophene rings is 1. The topological polar surface area (TPSA) is 41.5 Å². The van der Waals surface area contributed by atoms with E-state index >= 15 is 0 Å². The third-order valence-corrected chi connectivity index (χ3v) is 5.42. The van der Waals surface area contributed by atoms with Gasteiger partial charge in [0.25, 0.3) is 5.91 Å². The SMILES string of the molecule is CC(/C=N\NC(=O)c1cc2c(s1)CC[C@@H](C)C2)=C\c1ccccc1. The molecule has 1 atom stereocenters. The summed E-state index contributed by atoms with van der Waals surface area (Å²) in [6, 6.07) is 12.1. The van der Waals surface area contributed by atoms with Gasteiger partial charge in [0.05, 0.1) is 11.1 Å². The van der Waals surface area contributed by atoms with E-state index in [2.05, 4.69) is 17.5 Å². The number of nitrogens with zero attached hydrogens (tertiary/aromatic N) is 1. The van der Waals surface area contributed by atoms with Crippen molar-refractivity contribution < 1.29 is 4.79 Å². The number of benzene rings is 1. The number of amides is 1. The Morgan fingerprint density at radius 1 is 1.33 bits per heavy atom. The second-order valence-corrected chi connectivity index (χ2v) is 7.54. The molecule has 1 heterocycles. The maximum atomic E-state index is 12.2. The standard InChI is InChI=1S/C20H22N2OS/c1-14-8-9-18-17(11-14)12-19(24-18)20(23)22-21-13-15(2)10-16-6-4-3-5-7-16/h3-7,10,12-14H,8-9,11H2,1-2H3,(H,22,23)/b15-10+,21-13-/t14-/m1/s1. The van der Waals surface area contributed by atoms with E-state index in [0.717, 1.165) is 28.9 Å². The highest BCUT2D eigenvalue weighted by Crippen LogP contribution is 2.32. The van der Waals surface area contributed by atoms with Gasteiger partial charge in [-0.25, -0.2) is 5.43 Å². The van der Waals surface area contributed by atoms with Crippen LogP contribution < -0.4 is 5.43 Å². The molecule has 124 valence electrons. The number of carbonyl (C=O) groups excluding carboxylic acids is 1. The monoisotopic (exact) mass is 338 g/mol. The Labute approximate surface area is 147 Å². The van der Waals surface area contributed by atoms with Crippen LogP contribution in [0, 0.1) is 5.92 Å². The number of nitrogens with one attached hydrogen (secondary N) is 1. The van der Waals surface area contributed by atoms with Crippen molar-refractivity contribution >= 4 is 29.5 Å². The van der Waals surface area contributed by atoms with Crippen LogP contribution in [0.2, 0.25) is 0 Å². The maximum absolute atomic E-state index is 12.2. The molecule has 0 aliphatic heterocycles. The summed E-state index contributed by atoms with van der Waals surface area (Å²) in [6.07, 6.45) is 7.11. The van der Waals surface area contributed by atoms with Gasteiger partial charge in [-0.3, -0.25) is 4.79 Å². The third-order valence-electron chi connectivity index (χ3n) is 4.18. The van der Waals surface area contributed by atoms with Crippen LogP contribution in [0.1, 0.15) is 45.9 Å². The first-order valence-corrected chi connectivity index (χ1v) is 9.12. The number of hydrogen-bond donors (Lipinski definition) is 1. The van der Waals surface area contributed by atoms with Crippen molar-refractivity contribution in [3.05, 3.63) is 62.9 Å². The lowest BCUT2D eigenvalue weighted by Crippen LogP contribution is -2.16. The van der Waals surface area contributed by atoms with E-state index in [4.69, 9.17) is 0 Å². The smallest absolute Gasteiger partial charge is 0.266 e. The summed E-state index contributed by atoms with van der Waals surface area (Å²) in [4.78, 5) is 14.4. The van der Waals surface area contributed by atoms with Crippen LogP contribution in [0.3, 0.4) is 0 Å². The van der Waals surface area contributed by atoms with Gasteiger partial charge in [-0.1, -0.05) is 43.3 Å². The molecule has 0 spiro atoms. The fourth-order valence-electron chi connectivity index (χ4n) is 2.91. The lowest BCUT2D eigenvalue weighted by molar-refractivity contribution is 0.0959. The molecular formula is C20H22N2OS. The van der Waals surface area contributed by atoms with Gasteiger partial charge in [0.15, 0.2) is 0 Å². The number of rotatable bonds is 4. The zero-order valence-corrected chi connectivity index (χ0v) is 14.9. The van der Waals surface area contributed by atoms with Crippen molar-refractivity contribution in [2.45, 2.75) is 33.1 Å². The molecule has 1 aliphatic rings. The summed E-state index contributed by atoms with van der Waals surface area (Å²) in [6.45, 7) is 4.24. The molecule has 24 heavy (non-hydrogen) atoms. The summed E-state index contributed by atoms with van der Waals surface area (Å²) in [5, 5.41) is 4.08. The van der Waals surface area contributed by atoms with Crippen molar-refractivity contribution in [3.63, 3.8) is 0 Å². The molecule has 1 N–H and O–H groups in total. The number of aryl methyl sites for hydroxylation is 1. The van der Waals surface area contributed by atoms with E-state index in [-0.39, 0.29) is 5.91 Å². The molecule has 1 amide bonds. The van der Waals surface area contributed by atoms with Crippen molar-refractivity contribution in [3.8, 4) is 0 Å². The highest BCUT2D eigenvalue weighted by molar-refractivity contribution is 7.14. The fraction of sp³-hybridized carbons (Fsp3) is 0.300. The average molecular weight is 338 g/mol. The molecule has 0 bridgehead atoms. The predicted molar refractivity (Wildman–Crippen MR) is 102 cm³/mol. The minimum Gasteiger partial charge on any atom is -0.266 e. The minimum atomic E-state index is -0.120. The molecule has 0 fully saturated rings. The average Bonchev–Trinajstić information content (AvgIpc) is 2.99. The number of carbonyl (C=O) groups is 1. The maximum Gasteiger partial charge on any atom is 0.281 e. The number of hydrazone groups is 1. The number of hydrogen-bond acceptors (Lipinski definition) is 3. The Kier molecular flexibility index (Phi) is 5.26. The van der Waals surface area contributed by atoms with E-state index in [0.29, 0.717) is 5.92 Å². The molecule has 2 aromatic rings.